The third kappa shape index (κ3) is 33.5. The molecule has 0 aliphatic heterocycles. The standard InChI is InChI=1S/C43H84N2O5/c1-6-9-12-14-21-28-38-49-41(46)32-24-17-15-19-26-35-45(37-29-34-44-43(48)39(4)5)36-27-20-16-18-25-33-42(47)50-40(30-22-11-8-3)31-23-13-10-7-2/h39-40H,6-38H2,1-5H3,(H,44,48). The monoisotopic (exact) mass is 709 g/mol. The summed E-state index contributed by atoms with van der Waals surface area (Å²) in [4.78, 5) is 39.1. The molecular weight excluding hydrogens is 624 g/mol. The molecule has 50 heavy (non-hydrogen) atoms. The van der Waals surface area contributed by atoms with Crippen LogP contribution in [0, 0.1) is 5.92 Å². The van der Waals surface area contributed by atoms with Crippen molar-refractivity contribution in [3.8, 4) is 0 Å². The molecule has 1 atom stereocenters. The van der Waals surface area contributed by atoms with E-state index in [1.165, 1.54) is 89.9 Å². The van der Waals surface area contributed by atoms with Gasteiger partial charge in [0.25, 0.3) is 0 Å². The first-order valence-corrected chi connectivity index (χ1v) is 21.7. The predicted octanol–water partition coefficient (Wildman–Crippen LogP) is 11.5. The fourth-order valence-electron chi connectivity index (χ4n) is 6.39. The Labute approximate surface area is 310 Å². The fraction of sp³-hybridized carbons (Fsp3) is 0.930. The van der Waals surface area contributed by atoms with Gasteiger partial charge in [0, 0.05) is 25.3 Å². The first-order valence-electron chi connectivity index (χ1n) is 21.7. The lowest BCUT2D eigenvalue weighted by molar-refractivity contribution is -0.150. The van der Waals surface area contributed by atoms with Crippen molar-refractivity contribution in [2.75, 3.05) is 32.8 Å². The maximum Gasteiger partial charge on any atom is 0.306 e. The molecule has 0 saturated heterocycles. The van der Waals surface area contributed by atoms with Gasteiger partial charge in [0.15, 0.2) is 0 Å². The Bertz CT molecular complexity index is 774. The highest BCUT2D eigenvalue weighted by molar-refractivity contribution is 5.77. The second-order valence-electron chi connectivity index (χ2n) is 15.1. The molecule has 1 amide bonds. The van der Waals surface area contributed by atoms with Crippen molar-refractivity contribution in [1.82, 2.24) is 10.2 Å². The molecule has 7 heteroatoms. The highest BCUT2D eigenvalue weighted by Crippen LogP contribution is 2.17. The highest BCUT2D eigenvalue weighted by Gasteiger charge is 2.14. The van der Waals surface area contributed by atoms with Crippen LogP contribution in [-0.2, 0) is 23.9 Å². The van der Waals surface area contributed by atoms with Crippen molar-refractivity contribution in [3.05, 3.63) is 0 Å². The van der Waals surface area contributed by atoms with E-state index in [0.29, 0.717) is 19.4 Å². The molecule has 0 spiro atoms. The van der Waals surface area contributed by atoms with Crippen LogP contribution in [0.4, 0.5) is 0 Å². The number of esters is 2. The number of nitrogens with zero attached hydrogens (tertiary/aromatic N) is 1. The average molecular weight is 709 g/mol. The van der Waals surface area contributed by atoms with Crippen LogP contribution < -0.4 is 5.32 Å². The maximum absolute atomic E-state index is 12.6. The van der Waals surface area contributed by atoms with Crippen LogP contribution in [-0.4, -0.2) is 61.6 Å². The molecule has 0 aromatic carbocycles. The number of carbonyl (C=O) groups excluding carboxylic acids is 3. The van der Waals surface area contributed by atoms with Crippen LogP contribution in [0.15, 0.2) is 0 Å². The number of hydrogen-bond acceptors (Lipinski definition) is 6. The van der Waals surface area contributed by atoms with Gasteiger partial charge in [0.1, 0.15) is 6.10 Å². The van der Waals surface area contributed by atoms with Crippen LogP contribution in [0.1, 0.15) is 214 Å². The summed E-state index contributed by atoms with van der Waals surface area (Å²) < 4.78 is 11.3. The Morgan fingerprint density at radius 3 is 1.54 bits per heavy atom. The van der Waals surface area contributed by atoms with Gasteiger partial charge < -0.3 is 19.7 Å². The van der Waals surface area contributed by atoms with Crippen LogP contribution in [0.2, 0.25) is 0 Å². The summed E-state index contributed by atoms with van der Waals surface area (Å²) in [6.45, 7) is 15.0. The number of carbonyl (C=O) groups is 3. The summed E-state index contributed by atoms with van der Waals surface area (Å²) in [6.07, 6.45) is 31.0. The summed E-state index contributed by atoms with van der Waals surface area (Å²) in [5, 5.41) is 3.06. The molecule has 0 aromatic heterocycles. The molecule has 0 rings (SSSR count). The second kappa shape index (κ2) is 37.1. The van der Waals surface area contributed by atoms with Crippen molar-refractivity contribution in [2.24, 2.45) is 5.92 Å². The Morgan fingerprint density at radius 2 is 0.960 bits per heavy atom. The number of unbranched alkanes of at least 4 members (excludes halogenated alkanes) is 18. The zero-order valence-corrected chi connectivity index (χ0v) is 34.0. The molecule has 0 fully saturated rings. The van der Waals surface area contributed by atoms with Gasteiger partial charge in [0.2, 0.25) is 5.91 Å². The Hall–Kier alpha value is -1.63. The van der Waals surface area contributed by atoms with E-state index in [1.807, 2.05) is 13.8 Å². The minimum absolute atomic E-state index is 0.00107. The van der Waals surface area contributed by atoms with E-state index in [-0.39, 0.29) is 29.9 Å². The van der Waals surface area contributed by atoms with Crippen LogP contribution >= 0.6 is 0 Å². The average Bonchev–Trinajstić information content (AvgIpc) is 3.10. The molecule has 0 radical (unpaired) electrons. The lowest BCUT2D eigenvalue weighted by atomic mass is 10.0. The summed E-state index contributed by atoms with van der Waals surface area (Å²) >= 11 is 0. The summed E-state index contributed by atoms with van der Waals surface area (Å²) in [5.74, 6) is 0.124. The number of rotatable bonds is 38. The molecule has 7 nitrogen and oxygen atoms in total. The number of ether oxygens (including phenoxy) is 2. The molecule has 1 unspecified atom stereocenters. The topological polar surface area (TPSA) is 84.9 Å². The minimum atomic E-state index is -0.0335. The lowest BCUT2D eigenvalue weighted by Crippen LogP contribution is -2.33. The second-order valence-corrected chi connectivity index (χ2v) is 15.1. The molecular formula is C43H84N2O5. The number of hydrogen-bond donors (Lipinski definition) is 1. The van der Waals surface area contributed by atoms with E-state index in [0.717, 1.165) is 103 Å². The van der Waals surface area contributed by atoms with E-state index in [9.17, 15) is 14.4 Å². The summed E-state index contributed by atoms with van der Waals surface area (Å²) in [5.41, 5.74) is 0. The van der Waals surface area contributed by atoms with Crippen LogP contribution in [0.25, 0.3) is 0 Å². The smallest absolute Gasteiger partial charge is 0.306 e. The van der Waals surface area contributed by atoms with Gasteiger partial charge in [-0.2, -0.15) is 0 Å². The van der Waals surface area contributed by atoms with Gasteiger partial charge in [-0.25, -0.2) is 0 Å². The van der Waals surface area contributed by atoms with Crippen molar-refractivity contribution < 1.29 is 23.9 Å². The van der Waals surface area contributed by atoms with Gasteiger partial charge in [-0.1, -0.05) is 137 Å². The maximum atomic E-state index is 12.6. The minimum Gasteiger partial charge on any atom is -0.466 e. The summed E-state index contributed by atoms with van der Waals surface area (Å²) in [7, 11) is 0. The third-order valence-electron chi connectivity index (χ3n) is 9.75. The molecule has 0 aromatic rings. The van der Waals surface area contributed by atoms with Gasteiger partial charge >= 0.3 is 11.9 Å². The van der Waals surface area contributed by atoms with Crippen molar-refractivity contribution >= 4 is 17.8 Å². The Morgan fingerprint density at radius 1 is 0.520 bits per heavy atom. The molecule has 0 heterocycles. The van der Waals surface area contributed by atoms with Gasteiger partial charge in [0.05, 0.1) is 6.61 Å². The van der Waals surface area contributed by atoms with Crippen molar-refractivity contribution in [2.45, 2.75) is 221 Å². The first kappa shape index (κ1) is 48.4. The van der Waals surface area contributed by atoms with E-state index in [2.05, 4.69) is 31.0 Å². The van der Waals surface area contributed by atoms with Gasteiger partial charge in [-0.3, -0.25) is 14.4 Å². The lowest BCUT2D eigenvalue weighted by Gasteiger charge is -2.22. The molecule has 0 aliphatic rings. The summed E-state index contributed by atoms with van der Waals surface area (Å²) in [6, 6.07) is 0. The van der Waals surface area contributed by atoms with E-state index in [1.54, 1.807) is 0 Å². The molecule has 0 saturated carbocycles. The van der Waals surface area contributed by atoms with Gasteiger partial charge in [-0.05, 0) is 83.8 Å². The number of nitrogens with one attached hydrogen (secondary N) is 1. The van der Waals surface area contributed by atoms with Crippen molar-refractivity contribution in [3.63, 3.8) is 0 Å². The largest absolute Gasteiger partial charge is 0.466 e. The Balaban J connectivity index is 4.25. The highest BCUT2D eigenvalue weighted by atomic mass is 16.5. The predicted molar refractivity (Wildman–Crippen MR) is 211 cm³/mol. The zero-order chi connectivity index (χ0) is 36.9. The van der Waals surface area contributed by atoms with E-state index >= 15 is 0 Å². The molecule has 0 aliphatic carbocycles. The number of amides is 1. The van der Waals surface area contributed by atoms with E-state index < -0.39 is 0 Å². The van der Waals surface area contributed by atoms with Gasteiger partial charge in [-0.15, -0.1) is 0 Å². The quantitative estimate of drug-likeness (QED) is 0.0508. The fourth-order valence-corrected chi connectivity index (χ4v) is 6.39. The van der Waals surface area contributed by atoms with Crippen LogP contribution in [0.3, 0.4) is 0 Å². The Kier molecular flexibility index (Phi) is 35.9. The molecule has 296 valence electrons. The SMILES string of the molecule is CCCCCCCCOC(=O)CCCCCCCN(CCCCCCCC(=O)OC(CCCCC)CCCCCC)CCCNC(=O)C(C)C. The zero-order valence-electron chi connectivity index (χ0n) is 34.0. The third-order valence-corrected chi connectivity index (χ3v) is 9.75. The van der Waals surface area contributed by atoms with Crippen LogP contribution in [0.5, 0.6) is 0 Å². The van der Waals surface area contributed by atoms with Crippen molar-refractivity contribution in [1.29, 1.82) is 0 Å². The molecule has 1 N–H and O–H groups in total. The first-order chi connectivity index (χ1) is 24.3. The normalized spacial score (nSPS) is 12.1. The van der Waals surface area contributed by atoms with E-state index in [4.69, 9.17) is 9.47 Å². The molecule has 0 bridgehead atoms.